The summed E-state index contributed by atoms with van der Waals surface area (Å²) < 4.78 is 33.9. The molecule has 1 unspecified atom stereocenters. The van der Waals surface area contributed by atoms with Crippen LogP contribution in [0, 0.1) is 0 Å². The molecule has 1 aromatic carbocycles. The number of ether oxygens (including phenoxy) is 1. The quantitative estimate of drug-likeness (QED) is 0.719. The van der Waals surface area contributed by atoms with Crippen LogP contribution in [-0.4, -0.2) is 38.3 Å². The van der Waals surface area contributed by atoms with Gasteiger partial charge in [0.25, 0.3) is 5.91 Å². The first-order chi connectivity index (χ1) is 12.5. The van der Waals surface area contributed by atoms with E-state index in [1.54, 1.807) is 16.8 Å². The van der Waals surface area contributed by atoms with E-state index >= 15 is 0 Å². The summed E-state index contributed by atoms with van der Waals surface area (Å²) in [6.45, 7) is 0.693. The standard InChI is InChI=1S/C17H16N2O4S3/c18-17(20)16-15(12-3-1-2-4-14(12)25-16)13-9-19(6-7-23-13)26(21,22)11-5-8-24-10-11/h1-5,8,10,13H,6-7,9H2,(H2,18,20). The van der Waals surface area contributed by atoms with E-state index in [0.29, 0.717) is 10.4 Å². The number of nitrogens with two attached hydrogens (primary N) is 1. The van der Waals surface area contributed by atoms with E-state index in [1.807, 2.05) is 24.3 Å². The van der Waals surface area contributed by atoms with E-state index in [1.165, 1.54) is 27.0 Å². The van der Waals surface area contributed by atoms with Crippen LogP contribution < -0.4 is 5.73 Å². The molecule has 1 atom stereocenters. The van der Waals surface area contributed by atoms with Gasteiger partial charge in [-0.3, -0.25) is 4.79 Å². The second-order valence-electron chi connectivity index (χ2n) is 5.89. The third-order valence-electron chi connectivity index (χ3n) is 4.34. The summed E-state index contributed by atoms with van der Waals surface area (Å²) in [5, 5.41) is 4.24. The molecule has 0 saturated carbocycles. The molecule has 2 aromatic heterocycles. The molecule has 1 aliphatic rings. The Morgan fingerprint density at radius 3 is 2.81 bits per heavy atom. The molecule has 1 aliphatic heterocycles. The van der Waals surface area contributed by atoms with Crippen molar-refractivity contribution in [2.24, 2.45) is 5.73 Å². The number of sulfonamides is 1. The number of fused-ring (bicyclic) bond motifs is 1. The molecule has 0 aliphatic carbocycles. The molecule has 9 heteroatoms. The maximum Gasteiger partial charge on any atom is 0.259 e. The number of benzene rings is 1. The highest BCUT2D eigenvalue weighted by Crippen LogP contribution is 2.38. The van der Waals surface area contributed by atoms with Gasteiger partial charge in [-0.15, -0.1) is 11.3 Å². The van der Waals surface area contributed by atoms with Gasteiger partial charge >= 0.3 is 0 Å². The number of carbonyl (C=O) groups is 1. The maximum absolute atomic E-state index is 12.8. The van der Waals surface area contributed by atoms with Crippen molar-refractivity contribution >= 4 is 48.7 Å². The van der Waals surface area contributed by atoms with Crippen LogP contribution in [0.15, 0.2) is 46.0 Å². The van der Waals surface area contributed by atoms with E-state index in [-0.39, 0.29) is 24.6 Å². The van der Waals surface area contributed by atoms with Gasteiger partial charge in [-0.1, -0.05) is 18.2 Å². The van der Waals surface area contributed by atoms with Crippen molar-refractivity contribution in [1.82, 2.24) is 4.31 Å². The molecule has 1 fully saturated rings. The van der Waals surface area contributed by atoms with Gasteiger partial charge < -0.3 is 10.5 Å². The average Bonchev–Trinajstić information content (AvgIpc) is 3.30. The molecule has 1 saturated heterocycles. The van der Waals surface area contributed by atoms with Crippen LogP contribution in [0.2, 0.25) is 0 Å². The summed E-state index contributed by atoms with van der Waals surface area (Å²) in [6, 6.07) is 9.19. The Bertz CT molecular complexity index is 1060. The summed E-state index contributed by atoms with van der Waals surface area (Å²) in [5.41, 5.74) is 6.25. The van der Waals surface area contributed by atoms with Gasteiger partial charge in [-0.2, -0.15) is 15.6 Å². The fraction of sp³-hybridized carbons (Fsp3) is 0.235. The lowest BCUT2D eigenvalue weighted by Gasteiger charge is -2.32. The number of amides is 1. The monoisotopic (exact) mass is 408 g/mol. The van der Waals surface area contributed by atoms with Gasteiger partial charge in [0.05, 0.1) is 22.5 Å². The minimum Gasteiger partial charge on any atom is -0.371 e. The summed E-state index contributed by atoms with van der Waals surface area (Å²) in [6.07, 6.45) is -0.532. The van der Waals surface area contributed by atoms with Crippen LogP contribution in [0.5, 0.6) is 0 Å². The van der Waals surface area contributed by atoms with Gasteiger partial charge in [0, 0.05) is 28.7 Å². The second kappa shape index (κ2) is 6.75. The summed E-state index contributed by atoms with van der Waals surface area (Å²) in [7, 11) is -3.58. The Kier molecular flexibility index (Phi) is 4.57. The highest BCUT2D eigenvalue weighted by atomic mass is 32.2. The minimum atomic E-state index is -3.58. The zero-order chi connectivity index (χ0) is 18.3. The second-order valence-corrected chi connectivity index (χ2v) is 9.66. The van der Waals surface area contributed by atoms with Gasteiger partial charge in [-0.25, -0.2) is 8.42 Å². The van der Waals surface area contributed by atoms with Crippen molar-refractivity contribution in [2.45, 2.75) is 11.0 Å². The van der Waals surface area contributed by atoms with Crippen molar-refractivity contribution in [3.05, 3.63) is 51.5 Å². The molecule has 4 rings (SSSR count). The molecular formula is C17H16N2O4S3. The fourth-order valence-electron chi connectivity index (χ4n) is 3.13. The molecule has 6 nitrogen and oxygen atoms in total. The molecular weight excluding hydrogens is 392 g/mol. The third-order valence-corrected chi connectivity index (χ3v) is 8.24. The molecule has 3 aromatic rings. The van der Waals surface area contributed by atoms with Crippen LogP contribution in [0.3, 0.4) is 0 Å². The summed E-state index contributed by atoms with van der Waals surface area (Å²) in [4.78, 5) is 12.7. The normalized spacial score (nSPS) is 19.0. The molecule has 3 heterocycles. The number of carbonyl (C=O) groups excluding carboxylic acids is 1. The lowest BCUT2D eigenvalue weighted by Crippen LogP contribution is -2.42. The number of hydrogen-bond donors (Lipinski definition) is 1. The highest BCUT2D eigenvalue weighted by Gasteiger charge is 2.34. The Balaban J connectivity index is 1.74. The van der Waals surface area contributed by atoms with Crippen LogP contribution in [0.4, 0.5) is 0 Å². The van der Waals surface area contributed by atoms with Crippen LogP contribution in [-0.2, 0) is 14.8 Å². The summed E-state index contributed by atoms with van der Waals surface area (Å²) >= 11 is 2.65. The number of hydrogen-bond acceptors (Lipinski definition) is 6. The molecule has 2 N–H and O–H groups in total. The van der Waals surface area contributed by atoms with Gasteiger partial charge in [0.15, 0.2) is 0 Å². The lowest BCUT2D eigenvalue weighted by atomic mass is 10.0. The van der Waals surface area contributed by atoms with Crippen molar-refractivity contribution in [2.75, 3.05) is 19.7 Å². The predicted molar refractivity (Wildman–Crippen MR) is 102 cm³/mol. The van der Waals surface area contributed by atoms with E-state index < -0.39 is 22.0 Å². The van der Waals surface area contributed by atoms with E-state index in [9.17, 15) is 13.2 Å². The molecule has 0 spiro atoms. The smallest absolute Gasteiger partial charge is 0.259 e. The molecule has 1 amide bonds. The third kappa shape index (κ3) is 2.95. The Labute approximate surface area is 158 Å². The van der Waals surface area contributed by atoms with Crippen LogP contribution in [0.1, 0.15) is 21.3 Å². The zero-order valence-corrected chi connectivity index (χ0v) is 16.1. The topological polar surface area (TPSA) is 89.7 Å². The zero-order valence-electron chi connectivity index (χ0n) is 13.6. The van der Waals surface area contributed by atoms with E-state index in [2.05, 4.69) is 0 Å². The minimum absolute atomic E-state index is 0.152. The van der Waals surface area contributed by atoms with Crippen molar-refractivity contribution < 1.29 is 17.9 Å². The van der Waals surface area contributed by atoms with E-state index in [4.69, 9.17) is 10.5 Å². The molecule has 0 bridgehead atoms. The van der Waals surface area contributed by atoms with Crippen molar-refractivity contribution in [1.29, 1.82) is 0 Å². The van der Waals surface area contributed by atoms with Gasteiger partial charge in [0.1, 0.15) is 0 Å². The summed E-state index contributed by atoms with van der Waals surface area (Å²) in [5.74, 6) is -0.525. The van der Waals surface area contributed by atoms with E-state index in [0.717, 1.165) is 10.1 Å². The van der Waals surface area contributed by atoms with Crippen LogP contribution in [0.25, 0.3) is 10.1 Å². The number of nitrogens with zero attached hydrogens (tertiary/aromatic N) is 1. The van der Waals surface area contributed by atoms with Crippen LogP contribution >= 0.6 is 22.7 Å². The van der Waals surface area contributed by atoms with Crippen molar-refractivity contribution in [3.63, 3.8) is 0 Å². The molecule has 136 valence electrons. The first-order valence-electron chi connectivity index (χ1n) is 7.93. The first-order valence-corrected chi connectivity index (χ1v) is 11.1. The number of morpholine rings is 1. The lowest BCUT2D eigenvalue weighted by molar-refractivity contribution is -0.00188. The fourth-order valence-corrected chi connectivity index (χ4v) is 6.68. The first kappa shape index (κ1) is 17.6. The number of thiophene rings is 2. The Morgan fingerprint density at radius 1 is 1.27 bits per heavy atom. The van der Waals surface area contributed by atoms with Gasteiger partial charge in [0.2, 0.25) is 10.0 Å². The highest BCUT2D eigenvalue weighted by molar-refractivity contribution is 7.89. The van der Waals surface area contributed by atoms with Crippen molar-refractivity contribution in [3.8, 4) is 0 Å². The maximum atomic E-state index is 12.8. The van der Waals surface area contributed by atoms with Gasteiger partial charge in [-0.05, 0) is 22.9 Å². The predicted octanol–water partition coefficient (Wildman–Crippen LogP) is 2.82. The number of rotatable bonds is 4. The average molecular weight is 409 g/mol. The molecule has 0 radical (unpaired) electrons. The largest absolute Gasteiger partial charge is 0.371 e. The Hall–Kier alpha value is -1.78. The Morgan fingerprint density at radius 2 is 2.08 bits per heavy atom. The SMILES string of the molecule is NC(=O)c1sc2ccccc2c1C1CN(S(=O)(=O)c2ccsc2)CCO1. The number of primary amides is 1. The molecule has 26 heavy (non-hydrogen) atoms.